The molecule has 0 aliphatic heterocycles. The molecule has 1 aliphatic carbocycles. The van der Waals surface area contributed by atoms with Gasteiger partial charge in [0, 0.05) is 80.8 Å². The molecule has 10 heteroatoms. The van der Waals surface area contributed by atoms with Crippen molar-refractivity contribution in [1.82, 2.24) is 9.78 Å². The van der Waals surface area contributed by atoms with Gasteiger partial charge in [0.15, 0.2) is 5.69 Å². The molecule has 0 radical (unpaired) electrons. The van der Waals surface area contributed by atoms with E-state index in [1.807, 2.05) is 0 Å². The summed E-state index contributed by atoms with van der Waals surface area (Å²) < 4.78 is 53.5. The average molecular weight is 514 g/mol. The molecule has 0 amide bonds. The lowest BCUT2D eigenvalue weighted by Gasteiger charge is -2.50. The van der Waals surface area contributed by atoms with Crippen molar-refractivity contribution < 1.29 is 32.9 Å². The molecule has 1 saturated carbocycles. The first-order valence-electron chi connectivity index (χ1n) is 12.5. The first-order valence-corrected chi connectivity index (χ1v) is 12.5. The topological polar surface area (TPSA) is 80.0 Å². The van der Waals surface area contributed by atoms with E-state index >= 15 is 0 Å². The van der Waals surface area contributed by atoms with E-state index in [1.165, 1.54) is 27.5 Å². The number of benzene rings is 1. The van der Waals surface area contributed by atoms with E-state index in [-0.39, 0.29) is 22.6 Å². The van der Waals surface area contributed by atoms with Crippen LogP contribution in [0.25, 0.3) is 0 Å². The maximum atomic E-state index is 13.7. The Morgan fingerprint density at radius 1 is 1.03 bits per heavy atom. The van der Waals surface area contributed by atoms with Gasteiger partial charge in [-0.25, -0.2) is 0 Å². The van der Waals surface area contributed by atoms with Crippen LogP contribution in [0.4, 0.5) is 18.9 Å². The van der Waals surface area contributed by atoms with E-state index in [9.17, 15) is 23.4 Å². The zero-order chi connectivity index (χ0) is 26.8. The van der Waals surface area contributed by atoms with Gasteiger partial charge in [0.05, 0.1) is 12.2 Å². The Bertz CT molecular complexity index is 1020. The van der Waals surface area contributed by atoms with Crippen LogP contribution in [-0.4, -0.2) is 59.5 Å². The second-order valence-electron chi connectivity index (χ2n) is 9.55. The number of halogens is 3. The summed E-state index contributed by atoms with van der Waals surface area (Å²) in [5.74, 6) is -1.66. The summed E-state index contributed by atoms with van der Waals surface area (Å²) >= 11 is 0. The van der Waals surface area contributed by atoms with Gasteiger partial charge in [-0.3, -0.25) is 4.68 Å². The van der Waals surface area contributed by atoms with E-state index in [4.69, 9.17) is 9.47 Å². The lowest BCUT2D eigenvalue weighted by Crippen LogP contribution is -2.54. The van der Waals surface area contributed by atoms with Gasteiger partial charge < -0.3 is 24.6 Å². The number of unbranched alkanes of at least 4 members (excludes halogenated alkanes) is 2. The van der Waals surface area contributed by atoms with Crippen molar-refractivity contribution in [3.8, 4) is 11.5 Å². The minimum Gasteiger partial charge on any atom is -0.507 e. The number of hydrogen-bond acceptors (Lipinski definition) is 6. The fourth-order valence-corrected chi connectivity index (χ4v) is 5.38. The number of methoxy groups -OCH3 is 2. The lowest BCUT2D eigenvalue weighted by atomic mass is 9.62. The van der Waals surface area contributed by atoms with E-state index < -0.39 is 35.9 Å². The molecule has 2 N–H and O–H groups in total. The number of hydrogen-bond donors (Lipinski definition) is 2. The summed E-state index contributed by atoms with van der Waals surface area (Å²) in [6, 6.07) is 1.65. The Kier molecular flexibility index (Phi) is 8.82. The van der Waals surface area contributed by atoms with Gasteiger partial charge in [0.1, 0.15) is 11.5 Å². The molecule has 1 aromatic carbocycles. The standard InChI is InChI=1S/C26H38F3N3O4/c1-7-9-11-32(12-10-8-2)17-13-18(33)20(22(34)15(17)3)21-23(35-5)19(24(21)36-6)16-14-31(4)30-25(16)26(27,28)29/h13-14,19,21,23-24,33-34H,7-12H2,1-6H3. The number of phenolic OH excluding ortho intramolecular Hbond substituents is 2. The van der Waals surface area contributed by atoms with E-state index in [2.05, 4.69) is 23.8 Å². The zero-order valence-corrected chi connectivity index (χ0v) is 21.9. The molecule has 0 spiro atoms. The molecule has 1 heterocycles. The van der Waals surface area contributed by atoms with Crippen LogP contribution in [0.2, 0.25) is 0 Å². The summed E-state index contributed by atoms with van der Waals surface area (Å²) in [6.45, 7) is 7.60. The Morgan fingerprint density at radius 3 is 2.06 bits per heavy atom. The summed E-state index contributed by atoms with van der Waals surface area (Å²) in [5.41, 5.74) is 0.578. The molecule has 1 aliphatic rings. The SMILES string of the molecule is CCCCN(CCCC)c1cc(O)c(C2C(OC)C(c3cn(C)nc3C(F)(F)F)C2OC)c(O)c1C. The van der Waals surface area contributed by atoms with Crippen molar-refractivity contribution >= 4 is 5.69 Å². The highest BCUT2D eigenvalue weighted by Crippen LogP contribution is 2.57. The second-order valence-corrected chi connectivity index (χ2v) is 9.55. The first kappa shape index (κ1) is 28.1. The highest BCUT2D eigenvalue weighted by Gasteiger charge is 2.57. The molecule has 3 rings (SSSR count). The normalized spacial score (nSPS) is 22.0. The zero-order valence-electron chi connectivity index (χ0n) is 21.9. The van der Waals surface area contributed by atoms with E-state index in [0.717, 1.165) is 49.1 Å². The third-order valence-corrected chi connectivity index (χ3v) is 7.23. The molecule has 0 bridgehead atoms. The molecular formula is C26H38F3N3O4. The van der Waals surface area contributed by atoms with Crippen LogP contribution in [0.3, 0.4) is 0 Å². The Labute approximate surface area is 210 Å². The summed E-state index contributed by atoms with van der Waals surface area (Å²) in [6.07, 6.45) is -0.865. The third-order valence-electron chi connectivity index (χ3n) is 7.23. The maximum absolute atomic E-state index is 13.7. The predicted molar refractivity (Wildman–Crippen MR) is 132 cm³/mol. The number of anilines is 1. The number of rotatable bonds is 11. The number of ether oxygens (including phenoxy) is 2. The monoisotopic (exact) mass is 513 g/mol. The minimum atomic E-state index is -4.64. The van der Waals surface area contributed by atoms with Crippen molar-refractivity contribution in [2.45, 2.75) is 76.7 Å². The van der Waals surface area contributed by atoms with Crippen molar-refractivity contribution in [3.63, 3.8) is 0 Å². The molecule has 7 nitrogen and oxygen atoms in total. The van der Waals surface area contributed by atoms with E-state index in [0.29, 0.717) is 5.56 Å². The molecule has 2 atom stereocenters. The Hall–Kier alpha value is -2.46. The number of aromatic nitrogens is 2. The van der Waals surface area contributed by atoms with Gasteiger partial charge in [0.25, 0.3) is 0 Å². The van der Waals surface area contributed by atoms with Gasteiger partial charge >= 0.3 is 6.18 Å². The third kappa shape index (κ3) is 5.16. The molecule has 2 aromatic rings. The van der Waals surface area contributed by atoms with Crippen molar-refractivity contribution in [3.05, 3.63) is 34.6 Å². The highest BCUT2D eigenvalue weighted by molar-refractivity contribution is 5.67. The summed E-state index contributed by atoms with van der Waals surface area (Å²) in [5, 5.41) is 26.0. The van der Waals surface area contributed by atoms with Crippen LogP contribution < -0.4 is 4.90 Å². The lowest BCUT2D eigenvalue weighted by molar-refractivity contribution is -0.147. The molecule has 0 saturated heterocycles. The number of aryl methyl sites for hydroxylation is 1. The molecule has 1 fully saturated rings. The van der Waals surface area contributed by atoms with Crippen molar-refractivity contribution in [2.75, 3.05) is 32.2 Å². The summed E-state index contributed by atoms with van der Waals surface area (Å²) in [7, 11) is 4.25. The van der Waals surface area contributed by atoms with Gasteiger partial charge in [-0.05, 0) is 19.8 Å². The van der Waals surface area contributed by atoms with Crippen LogP contribution in [-0.2, 0) is 22.7 Å². The number of phenols is 2. The molecule has 2 unspecified atom stereocenters. The van der Waals surface area contributed by atoms with Crippen molar-refractivity contribution in [1.29, 1.82) is 0 Å². The molecule has 1 aromatic heterocycles. The number of nitrogens with zero attached hydrogens (tertiary/aromatic N) is 3. The van der Waals surface area contributed by atoms with Gasteiger partial charge in [-0.2, -0.15) is 18.3 Å². The minimum absolute atomic E-state index is 0.0300. The Morgan fingerprint density at radius 2 is 1.58 bits per heavy atom. The molecule has 36 heavy (non-hydrogen) atoms. The van der Waals surface area contributed by atoms with E-state index in [1.54, 1.807) is 13.0 Å². The van der Waals surface area contributed by atoms with Gasteiger partial charge in [-0.15, -0.1) is 0 Å². The fraction of sp³-hybridized carbons (Fsp3) is 0.654. The maximum Gasteiger partial charge on any atom is 0.435 e. The van der Waals surface area contributed by atoms with Crippen LogP contribution in [0.1, 0.15) is 73.8 Å². The fourth-order valence-electron chi connectivity index (χ4n) is 5.38. The molecule has 202 valence electrons. The second kappa shape index (κ2) is 11.3. The average Bonchev–Trinajstić information content (AvgIpc) is 3.20. The largest absolute Gasteiger partial charge is 0.507 e. The number of alkyl halides is 3. The highest BCUT2D eigenvalue weighted by atomic mass is 19.4. The van der Waals surface area contributed by atoms with Crippen LogP contribution >= 0.6 is 0 Å². The van der Waals surface area contributed by atoms with Gasteiger partial charge in [-0.1, -0.05) is 26.7 Å². The smallest absolute Gasteiger partial charge is 0.435 e. The van der Waals surface area contributed by atoms with Gasteiger partial charge in [0.2, 0.25) is 0 Å². The summed E-state index contributed by atoms with van der Waals surface area (Å²) in [4.78, 5) is 2.17. The van der Waals surface area contributed by atoms with Crippen LogP contribution in [0.5, 0.6) is 11.5 Å². The van der Waals surface area contributed by atoms with Crippen LogP contribution in [0, 0.1) is 6.92 Å². The quantitative estimate of drug-likeness (QED) is 0.415. The molecular weight excluding hydrogens is 475 g/mol. The van der Waals surface area contributed by atoms with Crippen molar-refractivity contribution in [2.24, 2.45) is 7.05 Å². The first-order chi connectivity index (χ1) is 17.0. The number of aromatic hydroxyl groups is 2. The van der Waals surface area contributed by atoms with Crippen LogP contribution in [0.15, 0.2) is 12.3 Å². The predicted octanol–water partition coefficient (Wildman–Crippen LogP) is 5.48. The Balaban J connectivity index is 2.04.